The standard InChI is InChI=1S/C7H12BNO2/c9-8-7(11)5-1-3-6(10)4-2-5/h5-6,9-10H,1-4H2. The molecular weight excluding hydrogens is 141 g/mol. The zero-order valence-corrected chi connectivity index (χ0v) is 6.42. The van der Waals surface area contributed by atoms with Gasteiger partial charge in [0.1, 0.15) is 0 Å². The van der Waals surface area contributed by atoms with E-state index in [0.29, 0.717) is 12.8 Å². The van der Waals surface area contributed by atoms with Crippen molar-refractivity contribution in [1.82, 2.24) is 0 Å². The van der Waals surface area contributed by atoms with Crippen molar-refractivity contribution in [2.45, 2.75) is 31.8 Å². The van der Waals surface area contributed by atoms with Gasteiger partial charge in [0.05, 0.1) is 0 Å². The van der Waals surface area contributed by atoms with Gasteiger partial charge < -0.3 is 0 Å². The molecule has 0 amide bonds. The van der Waals surface area contributed by atoms with Gasteiger partial charge in [0.25, 0.3) is 0 Å². The molecule has 0 saturated heterocycles. The molecule has 1 saturated carbocycles. The molecule has 0 aliphatic heterocycles. The van der Waals surface area contributed by atoms with Crippen molar-refractivity contribution >= 4 is 12.8 Å². The van der Waals surface area contributed by atoms with Gasteiger partial charge in [-0.2, -0.15) is 0 Å². The summed E-state index contributed by atoms with van der Waals surface area (Å²) >= 11 is 0. The summed E-state index contributed by atoms with van der Waals surface area (Å²) in [6.45, 7) is 0. The van der Waals surface area contributed by atoms with Crippen LogP contribution in [0.4, 0.5) is 0 Å². The van der Waals surface area contributed by atoms with E-state index in [1.165, 1.54) is 0 Å². The monoisotopic (exact) mass is 153 g/mol. The molecule has 0 atom stereocenters. The Morgan fingerprint density at radius 1 is 1.36 bits per heavy atom. The first-order valence-electron chi connectivity index (χ1n) is 3.96. The zero-order valence-electron chi connectivity index (χ0n) is 6.42. The number of aliphatic hydroxyl groups is 1. The molecule has 0 heterocycles. The molecule has 0 spiro atoms. The fourth-order valence-corrected chi connectivity index (χ4v) is 1.48. The Hall–Kier alpha value is -0.505. The van der Waals surface area contributed by atoms with E-state index in [9.17, 15) is 4.79 Å². The van der Waals surface area contributed by atoms with Crippen molar-refractivity contribution < 1.29 is 9.90 Å². The first-order chi connectivity index (χ1) is 5.24. The van der Waals surface area contributed by atoms with Gasteiger partial charge in [0.15, 0.2) is 0 Å². The Labute approximate surface area is 66.6 Å². The topological polar surface area (TPSA) is 61.2 Å². The normalized spacial score (nSPS) is 31.0. The van der Waals surface area contributed by atoms with Crippen molar-refractivity contribution in [3.63, 3.8) is 0 Å². The minimum absolute atomic E-state index is 0.0101. The Morgan fingerprint density at radius 2 is 1.91 bits per heavy atom. The van der Waals surface area contributed by atoms with E-state index >= 15 is 0 Å². The third-order valence-corrected chi connectivity index (χ3v) is 2.24. The van der Waals surface area contributed by atoms with Crippen molar-refractivity contribution in [2.24, 2.45) is 5.92 Å². The van der Waals surface area contributed by atoms with Crippen molar-refractivity contribution in [3.8, 4) is 0 Å². The van der Waals surface area contributed by atoms with Gasteiger partial charge in [-0.1, -0.05) is 0 Å². The predicted octanol–water partition coefficient (Wildman–Crippen LogP) is 0.531. The molecule has 0 bridgehead atoms. The number of carbonyl (C=O) groups excluding carboxylic acids is 1. The van der Waals surface area contributed by atoms with E-state index in [2.05, 4.69) is 0 Å². The molecular formula is C7H12BNO2. The van der Waals surface area contributed by atoms with E-state index in [-0.39, 0.29) is 17.7 Å². The second-order valence-corrected chi connectivity index (χ2v) is 3.05. The summed E-state index contributed by atoms with van der Waals surface area (Å²) in [6.07, 6.45) is 2.70. The SMILES string of the molecule is N=BC(=O)C1CCC(O)CC1. The Morgan fingerprint density at radius 3 is 2.36 bits per heavy atom. The molecule has 4 heteroatoms. The fraction of sp³-hybridized carbons (Fsp3) is 0.857. The van der Waals surface area contributed by atoms with Crippen LogP contribution in [-0.4, -0.2) is 24.0 Å². The molecule has 0 aromatic heterocycles. The molecule has 1 fully saturated rings. The number of aliphatic hydroxyl groups excluding tert-OH is 1. The van der Waals surface area contributed by atoms with Crippen LogP contribution in [0.1, 0.15) is 25.7 Å². The third kappa shape index (κ3) is 2.22. The van der Waals surface area contributed by atoms with Crippen molar-refractivity contribution in [3.05, 3.63) is 0 Å². The van der Waals surface area contributed by atoms with E-state index < -0.39 is 0 Å². The molecule has 1 rings (SSSR count). The molecule has 60 valence electrons. The predicted molar refractivity (Wildman–Crippen MR) is 41.4 cm³/mol. The van der Waals surface area contributed by atoms with Gasteiger partial charge in [0, 0.05) is 0 Å². The third-order valence-electron chi connectivity index (χ3n) is 2.24. The molecule has 11 heavy (non-hydrogen) atoms. The average Bonchev–Trinajstić information content (AvgIpc) is 2.05. The number of hydrogen-bond donors (Lipinski definition) is 2. The summed E-state index contributed by atoms with van der Waals surface area (Å²) in [4.78, 5) is 10.9. The molecule has 0 aromatic rings. The van der Waals surface area contributed by atoms with Gasteiger partial charge in [-0.3, -0.25) is 0 Å². The number of nitrogens with one attached hydrogen (secondary N) is 1. The Kier molecular flexibility index (Phi) is 2.94. The minimum atomic E-state index is -0.218. The van der Waals surface area contributed by atoms with Crippen LogP contribution in [0, 0.1) is 11.2 Å². The maximum atomic E-state index is 10.9. The van der Waals surface area contributed by atoms with Gasteiger partial charge in [-0.25, -0.2) is 0 Å². The van der Waals surface area contributed by atoms with Crippen LogP contribution < -0.4 is 0 Å². The molecule has 0 radical (unpaired) electrons. The van der Waals surface area contributed by atoms with Crippen LogP contribution >= 0.6 is 0 Å². The van der Waals surface area contributed by atoms with Gasteiger partial charge in [-0.15, -0.1) is 0 Å². The van der Waals surface area contributed by atoms with Crippen LogP contribution in [0.3, 0.4) is 0 Å². The van der Waals surface area contributed by atoms with Gasteiger partial charge >= 0.3 is 65.7 Å². The quantitative estimate of drug-likeness (QED) is 0.568. The summed E-state index contributed by atoms with van der Waals surface area (Å²) < 4.78 is 0. The Bertz CT molecular complexity index is 164. The molecule has 3 nitrogen and oxygen atoms in total. The molecule has 1 aliphatic carbocycles. The summed E-state index contributed by atoms with van der Waals surface area (Å²) in [5, 5.41) is 15.9. The van der Waals surface area contributed by atoms with Crippen LogP contribution in [0.25, 0.3) is 0 Å². The van der Waals surface area contributed by atoms with E-state index in [1.54, 1.807) is 0 Å². The van der Waals surface area contributed by atoms with E-state index in [0.717, 1.165) is 19.9 Å². The van der Waals surface area contributed by atoms with Crippen molar-refractivity contribution in [1.29, 1.82) is 5.31 Å². The van der Waals surface area contributed by atoms with Gasteiger partial charge in [-0.05, 0) is 0 Å². The first-order valence-corrected chi connectivity index (χ1v) is 3.96. The summed E-state index contributed by atoms with van der Waals surface area (Å²) in [7, 11) is 0.891. The average molecular weight is 153 g/mol. The van der Waals surface area contributed by atoms with Crippen LogP contribution in [0.15, 0.2) is 0 Å². The van der Waals surface area contributed by atoms with Crippen molar-refractivity contribution in [2.75, 3.05) is 0 Å². The zero-order chi connectivity index (χ0) is 8.27. The van der Waals surface area contributed by atoms with Crippen LogP contribution in [-0.2, 0) is 4.79 Å². The van der Waals surface area contributed by atoms with E-state index in [1.807, 2.05) is 0 Å². The second kappa shape index (κ2) is 3.76. The molecule has 2 N–H and O–H groups in total. The Balaban J connectivity index is 2.38. The van der Waals surface area contributed by atoms with Gasteiger partial charge in [0.2, 0.25) is 0 Å². The number of hydrogen-bond acceptors (Lipinski definition) is 3. The van der Waals surface area contributed by atoms with E-state index in [4.69, 9.17) is 10.4 Å². The summed E-state index contributed by atoms with van der Waals surface area (Å²) in [5.41, 5.74) is -0.0862. The van der Waals surface area contributed by atoms with Crippen LogP contribution in [0.2, 0.25) is 0 Å². The second-order valence-electron chi connectivity index (χ2n) is 3.05. The fourth-order valence-electron chi connectivity index (χ4n) is 1.48. The summed E-state index contributed by atoms with van der Waals surface area (Å²) in [6, 6.07) is 0. The molecule has 1 aliphatic rings. The maximum absolute atomic E-state index is 10.9. The summed E-state index contributed by atoms with van der Waals surface area (Å²) in [5.74, 6) is 0.0101. The number of rotatable bonds is 2. The van der Waals surface area contributed by atoms with Crippen LogP contribution in [0.5, 0.6) is 0 Å². The number of carbonyl (C=O) groups is 1. The first kappa shape index (κ1) is 8.59. The molecule has 0 aromatic carbocycles. The molecule has 0 unspecified atom stereocenters.